The summed E-state index contributed by atoms with van der Waals surface area (Å²) in [6, 6.07) is 2.03. The summed E-state index contributed by atoms with van der Waals surface area (Å²) in [5.41, 5.74) is 3.59. The van der Waals surface area contributed by atoms with Crippen molar-refractivity contribution in [2.75, 3.05) is 6.61 Å². The van der Waals surface area contributed by atoms with Gasteiger partial charge in [-0.15, -0.1) is 0 Å². The van der Waals surface area contributed by atoms with Crippen LogP contribution in [0.4, 0.5) is 0 Å². The van der Waals surface area contributed by atoms with Crippen LogP contribution in [-0.2, 0) is 6.42 Å². The smallest absolute Gasteiger partial charge is 0.148 e. The third-order valence-electron chi connectivity index (χ3n) is 2.50. The maximum Gasteiger partial charge on any atom is 0.148 e. The molecule has 0 fully saturated rings. The first-order valence-electron chi connectivity index (χ1n) is 5.10. The van der Waals surface area contributed by atoms with Crippen LogP contribution < -0.4 is 4.74 Å². The summed E-state index contributed by atoms with van der Waals surface area (Å²) < 4.78 is 5.59. The molecule has 1 aromatic rings. The van der Waals surface area contributed by atoms with Crippen molar-refractivity contribution in [1.29, 1.82) is 0 Å². The van der Waals surface area contributed by atoms with E-state index in [0.717, 1.165) is 30.9 Å². The van der Waals surface area contributed by atoms with Crippen LogP contribution in [0, 0.1) is 0 Å². The molecule has 2 nitrogen and oxygen atoms in total. The molecule has 14 heavy (non-hydrogen) atoms. The first-order chi connectivity index (χ1) is 6.83. The lowest BCUT2D eigenvalue weighted by Gasteiger charge is -2.07. The van der Waals surface area contributed by atoms with E-state index in [9.17, 15) is 0 Å². The van der Waals surface area contributed by atoms with Crippen LogP contribution in [0.1, 0.15) is 31.5 Å². The summed E-state index contributed by atoms with van der Waals surface area (Å²) in [4.78, 5) is 4.31. The first-order valence-corrected chi connectivity index (χ1v) is 5.10. The number of hydrogen-bond acceptors (Lipinski definition) is 2. The van der Waals surface area contributed by atoms with Crippen molar-refractivity contribution in [3.63, 3.8) is 0 Å². The topological polar surface area (TPSA) is 22.1 Å². The van der Waals surface area contributed by atoms with Gasteiger partial charge in [0.25, 0.3) is 0 Å². The molecule has 2 heteroatoms. The Morgan fingerprint density at radius 2 is 2.50 bits per heavy atom. The summed E-state index contributed by atoms with van der Waals surface area (Å²) in [5.74, 6) is 0.995. The number of nitrogens with zero attached hydrogens (tertiary/aromatic N) is 1. The van der Waals surface area contributed by atoms with E-state index in [1.54, 1.807) is 0 Å². The van der Waals surface area contributed by atoms with Gasteiger partial charge in [-0.1, -0.05) is 13.0 Å². The average molecular weight is 189 g/mol. The van der Waals surface area contributed by atoms with Crippen LogP contribution in [0.15, 0.2) is 18.3 Å². The van der Waals surface area contributed by atoms with E-state index in [1.807, 2.05) is 12.3 Å². The maximum absolute atomic E-state index is 5.59. The van der Waals surface area contributed by atoms with Crippen molar-refractivity contribution >= 4 is 5.57 Å². The minimum absolute atomic E-state index is 0.777. The Balaban J connectivity index is 2.44. The summed E-state index contributed by atoms with van der Waals surface area (Å²) in [7, 11) is 0. The van der Waals surface area contributed by atoms with E-state index in [4.69, 9.17) is 4.74 Å². The van der Waals surface area contributed by atoms with Crippen LogP contribution in [0.5, 0.6) is 5.75 Å². The van der Waals surface area contributed by atoms with Crippen molar-refractivity contribution in [2.45, 2.75) is 26.7 Å². The first kappa shape index (κ1) is 9.25. The quantitative estimate of drug-likeness (QED) is 0.713. The monoisotopic (exact) mass is 189 g/mol. The highest BCUT2D eigenvalue weighted by molar-refractivity contribution is 5.70. The highest BCUT2D eigenvalue weighted by Gasteiger charge is 2.17. The molecule has 0 saturated heterocycles. The van der Waals surface area contributed by atoms with Crippen molar-refractivity contribution in [2.24, 2.45) is 0 Å². The lowest BCUT2D eigenvalue weighted by atomic mass is 10.1. The number of rotatable bonds is 2. The minimum atomic E-state index is 0.777. The Morgan fingerprint density at radius 1 is 1.64 bits per heavy atom. The van der Waals surface area contributed by atoms with E-state index in [2.05, 4.69) is 24.9 Å². The van der Waals surface area contributed by atoms with Crippen LogP contribution >= 0.6 is 0 Å². The number of aromatic nitrogens is 1. The third-order valence-corrected chi connectivity index (χ3v) is 2.50. The van der Waals surface area contributed by atoms with Gasteiger partial charge in [0.1, 0.15) is 5.75 Å². The summed E-state index contributed by atoms with van der Waals surface area (Å²) in [6.45, 7) is 5.05. The zero-order chi connectivity index (χ0) is 9.97. The molecule has 0 atom stereocenters. The third kappa shape index (κ3) is 1.52. The summed E-state index contributed by atoms with van der Waals surface area (Å²) >= 11 is 0. The maximum atomic E-state index is 5.59. The number of fused-ring (bicyclic) bond motifs is 1. The molecule has 2 rings (SSSR count). The second-order valence-electron chi connectivity index (χ2n) is 3.53. The predicted molar refractivity (Wildman–Crippen MR) is 57.4 cm³/mol. The Hall–Kier alpha value is -1.31. The molecule has 0 radical (unpaired) electrons. The van der Waals surface area contributed by atoms with E-state index >= 15 is 0 Å². The Kier molecular flexibility index (Phi) is 2.53. The van der Waals surface area contributed by atoms with Gasteiger partial charge >= 0.3 is 0 Å². The minimum Gasteiger partial charge on any atom is -0.491 e. The summed E-state index contributed by atoms with van der Waals surface area (Å²) in [6.07, 6.45) is 6.10. The van der Waals surface area contributed by atoms with Gasteiger partial charge in [0.05, 0.1) is 12.3 Å². The molecule has 0 unspecified atom stereocenters. The number of hydrogen-bond donors (Lipinski definition) is 0. The number of allylic oxidation sites excluding steroid dienone is 2. The highest BCUT2D eigenvalue weighted by Crippen LogP contribution is 2.32. The highest BCUT2D eigenvalue weighted by atomic mass is 16.5. The average Bonchev–Trinajstić information content (AvgIpc) is 2.65. The molecule has 0 saturated carbocycles. The lowest BCUT2D eigenvalue weighted by Crippen LogP contribution is -1.90. The van der Waals surface area contributed by atoms with Gasteiger partial charge < -0.3 is 4.74 Å². The van der Waals surface area contributed by atoms with E-state index in [1.165, 1.54) is 11.1 Å². The van der Waals surface area contributed by atoms with Crippen molar-refractivity contribution in [1.82, 2.24) is 4.98 Å². The van der Waals surface area contributed by atoms with Gasteiger partial charge in [-0.2, -0.15) is 0 Å². The van der Waals surface area contributed by atoms with Gasteiger partial charge in [-0.05, 0) is 25.0 Å². The molecule has 1 aliphatic heterocycles. The largest absolute Gasteiger partial charge is 0.491 e. The Labute approximate surface area is 84.6 Å². The number of ether oxygens (including phenoxy) is 1. The molecule has 0 spiro atoms. The molecule has 0 bridgehead atoms. The van der Waals surface area contributed by atoms with Crippen LogP contribution in [0.2, 0.25) is 0 Å². The van der Waals surface area contributed by atoms with E-state index in [-0.39, 0.29) is 0 Å². The molecular weight excluding hydrogens is 174 g/mol. The van der Waals surface area contributed by atoms with Crippen molar-refractivity contribution in [3.8, 4) is 5.75 Å². The molecule has 1 aromatic heterocycles. The van der Waals surface area contributed by atoms with Gasteiger partial charge in [-0.25, -0.2) is 0 Å². The molecular formula is C12H15NO. The lowest BCUT2D eigenvalue weighted by molar-refractivity contribution is 0.356. The van der Waals surface area contributed by atoms with Crippen molar-refractivity contribution in [3.05, 3.63) is 29.6 Å². The van der Waals surface area contributed by atoms with Gasteiger partial charge in [0.15, 0.2) is 0 Å². The Bertz CT molecular complexity index is 369. The Morgan fingerprint density at radius 3 is 3.29 bits per heavy atom. The van der Waals surface area contributed by atoms with Gasteiger partial charge in [0, 0.05) is 18.2 Å². The SMILES string of the molecule is CC/C=C(\C)c1ccnc2c1OCC2. The van der Waals surface area contributed by atoms with Crippen molar-refractivity contribution < 1.29 is 4.74 Å². The molecule has 74 valence electrons. The molecule has 0 aliphatic carbocycles. The van der Waals surface area contributed by atoms with Crippen LogP contribution in [0.25, 0.3) is 5.57 Å². The zero-order valence-corrected chi connectivity index (χ0v) is 8.71. The van der Waals surface area contributed by atoms with Crippen LogP contribution in [0.3, 0.4) is 0 Å². The normalized spacial score (nSPS) is 15.1. The molecule has 0 aromatic carbocycles. The fourth-order valence-corrected chi connectivity index (χ4v) is 1.81. The second-order valence-corrected chi connectivity index (χ2v) is 3.53. The van der Waals surface area contributed by atoms with Crippen LogP contribution in [-0.4, -0.2) is 11.6 Å². The fraction of sp³-hybridized carbons (Fsp3) is 0.417. The molecule has 2 heterocycles. The summed E-state index contributed by atoms with van der Waals surface area (Å²) in [5, 5.41) is 0. The molecule has 1 aliphatic rings. The molecule has 0 amide bonds. The molecule has 0 N–H and O–H groups in total. The van der Waals surface area contributed by atoms with Gasteiger partial charge in [0.2, 0.25) is 0 Å². The standard InChI is InChI=1S/C12H15NO/c1-3-4-9(2)10-5-7-13-11-6-8-14-12(10)11/h4-5,7H,3,6,8H2,1-2H3/b9-4+. The van der Waals surface area contributed by atoms with E-state index in [0.29, 0.717) is 0 Å². The van der Waals surface area contributed by atoms with E-state index < -0.39 is 0 Å². The second kappa shape index (κ2) is 3.82. The fourth-order valence-electron chi connectivity index (χ4n) is 1.81. The number of pyridine rings is 1. The predicted octanol–water partition coefficient (Wildman–Crippen LogP) is 2.83. The zero-order valence-electron chi connectivity index (χ0n) is 8.71. The van der Waals surface area contributed by atoms with Gasteiger partial charge in [-0.3, -0.25) is 4.98 Å².